The predicted molar refractivity (Wildman–Crippen MR) is 71.1 cm³/mol. The molecule has 0 heterocycles. The number of carbonyl (C=O) groups is 1. The van der Waals surface area contributed by atoms with Crippen LogP contribution in [0, 0.1) is 0 Å². The Kier molecular flexibility index (Phi) is 13.2. The zero-order chi connectivity index (χ0) is 15.6. The van der Waals surface area contributed by atoms with Gasteiger partial charge >= 0.3 is 97.3 Å². The van der Waals surface area contributed by atoms with E-state index in [0.29, 0.717) is 0 Å². The second kappa shape index (κ2) is 11.8. The van der Waals surface area contributed by atoms with Gasteiger partial charge in [0, 0.05) is 5.57 Å². The van der Waals surface area contributed by atoms with Gasteiger partial charge in [0.1, 0.15) is 0 Å². The summed E-state index contributed by atoms with van der Waals surface area (Å²) in [4.78, 5) is 9.60. The summed E-state index contributed by atoms with van der Waals surface area (Å²) in [6, 6.07) is 0. The number of hydrogen-bond acceptors (Lipinski definition) is 4. The summed E-state index contributed by atoms with van der Waals surface area (Å²) in [7, 11) is 0. The third-order valence-corrected chi connectivity index (χ3v) is 6.26. The molecule has 19 heavy (non-hydrogen) atoms. The summed E-state index contributed by atoms with van der Waals surface area (Å²) in [5.41, 5.74) is 0.176. The first-order chi connectivity index (χ1) is 8.56. The van der Waals surface area contributed by atoms with Gasteiger partial charge in [-0.3, -0.25) is 0 Å². The molecule has 0 atom stereocenters. The van der Waals surface area contributed by atoms with Crippen LogP contribution in [0.3, 0.4) is 0 Å². The minimum absolute atomic E-state index is 0.176. The van der Waals surface area contributed by atoms with Gasteiger partial charge in [-0.15, -0.1) is 0 Å². The van der Waals surface area contributed by atoms with Crippen LogP contribution in [-0.4, -0.2) is 29.4 Å². The maximum absolute atomic E-state index is 9.60. The fraction of sp³-hybridized carbons (Fsp3) is 0.769. The van der Waals surface area contributed by atoms with Crippen molar-refractivity contribution >= 4 is 5.97 Å². The van der Waals surface area contributed by atoms with Gasteiger partial charge in [-0.05, 0) is 6.92 Å². The van der Waals surface area contributed by atoms with Crippen molar-refractivity contribution in [1.82, 2.24) is 0 Å². The first-order valence-electron chi connectivity index (χ1n) is 6.31. The molecule has 0 fully saturated rings. The van der Waals surface area contributed by atoms with E-state index < -0.39 is 29.0 Å². The first-order valence-corrected chi connectivity index (χ1v) is 9.33. The van der Waals surface area contributed by atoms with Gasteiger partial charge in [0.15, 0.2) is 0 Å². The Hall–Kier alpha value is -0.0269. The van der Waals surface area contributed by atoms with E-state index in [4.69, 9.17) is 13.5 Å². The summed E-state index contributed by atoms with van der Waals surface area (Å²) in [5, 5.41) is 7.89. The van der Waals surface area contributed by atoms with E-state index >= 15 is 0 Å². The molecule has 113 valence electrons. The van der Waals surface area contributed by atoms with Gasteiger partial charge in [0.05, 0.1) is 0 Å². The molecule has 0 aromatic carbocycles. The summed E-state index contributed by atoms with van der Waals surface area (Å²) in [5.74, 6) is -0.935. The van der Waals surface area contributed by atoms with E-state index in [0.717, 1.165) is 0 Å². The van der Waals surface area contributed by atoms with Crippen LogP contribution in [0.15, 0.2) is 12.2 Å². The quantitative estimate of drug-likeness (QED) is 0.711. The molecule has 0 aromatic heterocycles. The molecule has 6 heteroatoms. The van der Waals surface area contributed by atoms with Crippen LogP contribution < -0.4 is 0 Å². The predicted octanol–water partition coefficient (Wildman–Crippen LogP) is 3.27. The molecule has 0 unspecified atom stereocenters. The Bertz CT molecular complexity index is 228. The van der Waals surface area contributed by atoms with Gasteiger partial charge in [-0.25, -0.2) is 4.79 Å². The molecular weight excluding hydrogens is 327 g/mol. The number of carboxylic acid groups (broad SMARTS) is 1. The van der Waals surface area contributed by atoms with E-state index in [-0.39, 0.29) is 23.9 Å². The van der Waals surface area contributed by atoms with E-state index in [1.807, 2.05) is 41.5 Å². The second-order valence-electron chi connectivity index (χ2n) is 4.84. The topological polar surface area (TPSA) is 65.0 Å². The summed E-state index contributed by atoms with van der Waals surface area (Å²) in [6.45, 7) is 16.6. The van der Waals surface area contributed by atoms with Crippen molar-refractivity contribution in [2.24, 2.45) is 0 Å². The molecule has 1 N–H and O–H groups in total. The van der Waals surface area contributed by atoms with Crippen LogP contribution >= 0.6 is 0 Å². The van der Waals surface area contributed by atoms with Gasteiger partial charge in [-0.2, -0.15) is 0 Å². The van der Waals surface area contributed by atoms with Crippen molar-refractivity contribution in [2.75, 3.05) is 0 Å². The van der Waals surface area contributed by atoms with Crippen molar-refractivity contribution in [3.63, 3.8) is 0 Å². The molecule has 0 aliphatic heterocycles. The number of carboxylic acids is 1. The van der Waals surface area contributed by atoms with Gasteiger partial charge in [-0.1, -0.05) is 6.58 Å². The zero-order valence-electron chi connectivity index (χ0n) is 13.0. The van der Waals surface area contributed by atoms with E-state index in [1.165, 1.54) is 6.92 Å². The summed E-state index contributed by atoms with van der Waals surface area (Å²) >= 11 is -2.48. The van der Waals surface area contributed by atoms with Crippen LogP contribution in [0.25, 0.3) is 0 Å². The van der Waals surface area contributed by atoms with E-state index in [2.05, 4.69) is 6.58 Å². The third-order valence-electron chi connectivity index (χ3n) is 1.36. The number of aliphatic carboxylic acids is 1. The molecule has 5 nitrogen and oxygen atoms in total. The third kappa shape index (κ3) is 18.0. The van der Waals surface area contributed by atoms with Gasteiger partial charge in [0.25, 0.3) is 0 Å². The van der Waals surface area contributed by atoms with Crippen molar-refractivity contribution in [1.29, 1.82) is 0 Å². The summed E-state index contributed by atoms with van der Waals surface area (Å²) < 4.78 is 16.9. The van der Waals surface area contributed by atoms with Crippen LogP contribution in [0.2, 0.25) is 0 Å². The van der Waals surface area contributed by atoms with Crippen molar-refractivity contribution in [2.45, 2.75) is 66.8 Å². The first kappa shape index (κ1) is 21.3. The van der Waals surface area contributed by atoms with Crippen molar-refractivity contribution in [3.05, 3.63) is 12.2 Å². The average molecular weight is 355 g/mol. The van der Waals surface area contributed by atoms with Crippen LogP contribution in [0.1, 0.15) is 48.5 Å². The maximum atomic E-state index is 9.60. The Balaban J connectivity index is 0. The van der Waals surface area contributed by atoms with Crippen molar-refractivity contribution in [3.8, 4) is 0 Å². The standard InChI is InChI=1S/C4H6O2.3C3H7O.Zr/c1-3(2)4(5)6;3*1-3(2)4;/h1H2,2H3,(H,5,6);3*3H,1-2H3;/q;3*-1;+3. The Morgan fingerprint density at radius 2 is 1.16 bits per heavy atom. The fourth-order valence-corrected chi connectivity index (χ4v) is 3.91. The van der Waals surface area contributed by atoms with Gasteiger partial charge in [0.2, 0.25) is 0 Å². The van der Waals surface area contributed by atoms with Crippen LogP contribution in [-0.2, 0) is 36.3 Å². The second-order valence-corrected chi connectivity index (χ2v) is 7.80. The fourth-order valence-electron chi connectivity index (χ4n) is 0.661. The SMILES string of the molecule is C=C(C)C(=O)O.CC(C)[O][Zr]([O]C(C)C)[O]C(C)C. The summed E-state index contributed by atoms with van der Waals surface area (Å²) in [6.07, 6.45) is 0.602. The monoisotopic (exact) mass is 353 g/mol. The Morgan fingerprint density at radius 1 is 0.947 bits per heavy atom. The number of rotatable bonds is 7. The zero-order valence-corrected chi connectivity index (χ0v) is 15.5. The molecule has 0 bridgehead atoms. The number of hydrogen-bond donors (Lipinski definition) is 1. The molecule has 0 spiro atoms. The Morgan fingerprint density at radius 3 is 1.26 bits per heavy atom. The molecule has 0 aliphatic carbocycles. The van der Waals surface area contributed by atoms with E-state index in [1.54, 1.807) is 0 Å². The Labute approximate surface area is 126 Å². The van der Waals surface area contributed by atoms with Gasteiger partial charge < -0.3 is 5.11 Å². The molecule has 0 amide bonds. The normalized spacial score (nSPS) is 10.4. The molecular formula is C13H27O5Zr. The van der Waals surface area contributed by atoms with Crippen molar-refractivity contribution < 1.29 is 41.4 Å². The van der Waals surface area contributed by atoms with E-state index in [9.17, 15) is 4.79 Å². The average Bonchev–Trinajstić information content (AvgIpc) is 2.14. The minimum atomic E-state index is -2.48. The molecule has 0 saturated carbocycles. The molecule has 0 aliphatic rings. The molecule has 0 saturated heterocycles. The molecule has 0 aromatic rings. The molecule has 0 rings (SSSR count). The van der Waals surface area contributed by atoms with Crippen LogP contribution in [0.5, 0.6) is 0 Å². The molecule has 0 radical (unpaired) electrons. The van der Waals surface area contributed by atoms with Crippen LogP contribution in [0.4, 0.5) is 0 Å².